The minimum atomic E-state index is -1.26. The summed E-state index contributed by atoms with van der Waals surface area (Å²) < 4.78 is 5.29. The Bertz CT molecular complexity index is 985. The number of piperazine rings is 1. The number of carbonyl (C=O) groups is 4. The van der Waals surface area contributed by atoms with Gasteiger partial charge in [0.2, 0.25) is 11.8 Å². The van der Waals surface area contributed by atoms with Crippen molar-refractivity contribution in [1.82, 2.24) is 15.3 Å². The summed E-state index contributed by atoms with van der Waals surface area (Å²) in [6.45, 7) is 0.161. The fraction of sp³-hybridized carbons (Fsp3) is 0.333. The van der Waals surface area contributed by atoms with Gasteiger partial charge in [-0.15, -0.1) is 0 Å². The summed E-state index contributed by atoms with van der Waals surface area (Å²) in [5.41, 5.74) is 3.96. The lowest BCUT2D eigenvalue weighted by Crippen LogP contribution is -2.59. The largest absolute Gasteiger partial charge is 0.465 e. The highest BCUT2D eigenvalue weighted by Gasteiger charge is 2.38. The number of esters is 1. The second kappa shape index (κ2) is 12.4. The Kier molecular flexibility index (Phi) is 8.98. The Morgan fingerprint density at radius 3 is 2.12 bits per heavy atom. The first-order valence-electron chi connectivity index (χ1n) is 10.9. The van der Waals surface area contributed by atoms with Crippen molar-refractivity contribution in [3.8, 4) is 0 Å². The number of hydroxylamine groups is 1. The van der Waals surface area contributed by atoms with E-state index in [4.69, 9.17) is 9.57 Å². The van der Waals surface area contributed by atoms with Crippen molar-refractivity contribution < 1.29 is 33.9 Å². The van der Waals surface area contributed by atoms with Crippen molar-refractivity contribution in [2.24, 2.45) is 0 Å². The van der Waals surface area contributed by atoms with E-state index in [0.717, 1.165) is 16.0 Å². The lowest BCUT2D eigenvalue weighted by molar-refractivity contribution is -0.155. The predicted octanol–water partition coefficient (Wildman–Crippen LogP) is 1.95. The third-order valence-electron chi connectivity index (χ3n) is 5.31. The molecule has 34 heavy (non-hydrogen) atoms. The third-order valence-corrected chi connectivity index (χ3v) is 5.31. The number of nitrogens with one attached hydrogen (secondary N) is 1. The number of ether oxygens (including phenoxy) is 1. The van der Waals surface area contributed by atoms with Crippen molar-refractivity contribution in [3.63, 3.8) is 0 Å². The van der Waals surface area contributed by atoms with Gasteiger partial charge >= 0.3 is 12.1 Å². The van der Waals surface area contributed by atoms with Crippen LogP contribution in [0, 0.1) is 0 Å². The number of rotatable bonds is 9. The second-order valence-corrected chi connectivity index (χ2v) is 7.72. The summed E-state index contributed by atoms with van der Waals surface area (Å²) >= 11 is 0. The predicted molar refractivity (Wildman–Crippen MR) is 120 cm³/mol. The number of amides is 3. The molecule has 1 aliphatic heterocycles. The van der Waals surface area contributed by atoms with E-state index in [1.54, 1.807) is 24.3 Å². The number of hydrogen-bond acceptors (Lipinski definition) is 6. The lowest BCUT2D eigenvalue weighted by Gasteiger charge is -2.38. The van der Waals surface area contributed by atoms with E-state index < -0.39 is 24.0 Å². The van der Waals surface area contributed by atoms with Crippen LogP contribution in [0.5, 0.6) is 0 Å². The highest BCUT2D eigenvalue weighted by atomic mass is 16.6. The van der Waals surface area contributed by atoms with Crippen molar-refractivity contribution in [3.05, 3.63) is 71.8 Å². The summed E-state index contributed by atoms with van der Waals surface area (Å²) in [5, 5.41) is 9.46. The van der Waals surface area contributed by atoms with Gasteiger partial charge in [-0.25, -0.2) is 15.1 Å². The molecule has 1 atom stereocenters. The van der Waals surface area contributed by atoms with E-state index in [-0.39, 0.29) is 51.6 Å². The second-order valence-electron chi connectivity index (χ2n) is 7.72. The maximum absolute atomic E-state index is 12.6. The van der Waals surface area contributed by atoms with Crippen LogP contribution in [0.1, 0.15) is 24.0 Å². The molecule has 0 saturated carbocycles. The van der Waals surface area contributed by atoms with Gasteiger partial charge in [-0.3, -0.25) is 19.3 Å². The zero-order valence-electron chi connectivity index (χ0n) is 18.6. The molecule has 2 aromatic carbocycles. The van der Waals surface area contributed by atoms with E-state index >= 15 is 0 Å². The van der Waals surface area contributed by atoms with Crippen LogP contribution >= 0.6 is 0 Å². The molecule has 180 valence electrons. The molecule has 0 aliphatic carbocycles. The molecule has 1 saturated heterocycles. The maximum Gasteiger partial charge on any atom is 0.408 e. The van der Waals surface area contributed by atoms with Crippen molar-refractivity contribution in [2.75, 3.05) is 19.6 Å². The molecule has 10 heteroatoms. The molecule has 1 aliphatic rings. The van der Waals surface area contributed by atoms with Crippen molar-refractivity contribution in [1.29, 1.82) is 0 Å². The van der Waals surface area contributed by atoms with Gasteiger partial charge in [0.1, 0.15) is 6.61 Å². The summed E-state index contributed by atoms with van der Waals surface area (Å²) in [5.74, 6) is -1.54. The zero-order chi connectivity index (χ0) is 24.3. The maximum atomic E-state index is 12.6. The first-order chi connectivity index (χ1) is 16.4. The minimum absolute atomic E-state index is 0.000726. The van der Waals surface area contributed by atoms with Crippen LogP contribution < -0.4 is 5.48 Å². The van der Waals surface area contributed by atoms with Crippen LogP contribution in [0.3, 0.4) is 0 Å². The fourth-order valence-electron chi connectivity index (χ4n) is 3.47. The summed E-state index contributed by atoms with van der Waals surface area (Å²) in [6, 6.07) is 17.2. The molecule has 3 rings (SSSR count). The number of nitrogens with zero attached hydrogens (tertiary/aromatic N) is 2. The summed E-state index contributed by atoms with van der Waals surface area (Å²) in [4.78, 5) is 56.3. The van der Waals surface area contributed by atoms with E-state index in [1.165, 1.54) is 4.90 Å². The molecule has 3 amide bonds. The van der Waals surface area contributed by atoms with Gasteiger partial charge in [0.15, 0.2) is 6.04 Å². The molecule has 2 aromatic rings. The molecule has 1 heterocycles. The SMILES string of the molecule is O=C(CCC(=O)N1CCN(C(=O)O)[C@H](C(=O)OCc2ccccc2)C1)NOCc1ccccc1. The van der Waals surface area contributed by atoms with E-state index in [0.29, 0.717) is 0 Å². The van der Waals surface area contributed by atoms with Crippen molar-refractivity contribution in [2.45, 2.75) is 32.1 Å². The van der Waals surface area contributed by atoms with Crippen LogP contribution in [-0.2, 0) is 37.2 Å². The normalized spacial score (nSPS) is 15.5. The highest BCUT2D eigenvalue weighted by Crippen LogP contribution is 2.15. The standard InChI is InChI=1S/C24H27N3O7/c28-21(25-34-17-19-9-5-2-6-10-19)11-12-22(29)26-13-14-27(24(31)32)20(15-26)23(30)33-16-18-7-3-1-4-8-18/h1-10,20H,11-17H2,(H,25,28)(H,31,32)/t20-/m0/s1. The van der Waals surface area contributed by atoms with Crippen LogP contribution in [0.4, 0.5) is 4.79 Å². The van der Waals surface area contributed by atoms with Gasteiger partial charge in [-0.1, -0.05) is 60.7 Å². The quantitative estimate of drug-likeness (QED) is 0.425. The van der Waals surface area contributed by atoms with Gasteiger partial charge < -0.3 is 14.7 Å². The molecule has 0 aromatic heterocycles. The molecule has 2 N–H and O–H groups in total. The van der Waals surface area contributed by atoms with Crippen LogP contribution in [0.2, 0.25) is 0 Å². The average molecular weight is 469 g/mol. The van der Waals surface area contributed by atoms with Crippen LogP contribution in [0.25, 0.3) is 0 Å². The van der Waals surface area contributed by atoms with Crippen LogP contribution in [0.15, 0.2) is 60.7 Å². The number of hydrogen-bond donors (Lipinski definition) is 2. The van der Waals surface area contributed by atoms with Gasteiger partial charge in [-0.2, -0.15) is 0 Å². The monoisotopic (exact) mass is 469 g/mol. The summed E-state index contributed by atoms with van der Waals surface area (Å²) in [7, 11) is 0. The minimum Gasteiger partial charge on any atom is -0.465 e. The average Bonchev–Trinajstić information content (AvgIpc) is 2.86. The van der Waals surface area contributed by atoms with Crippen LogP contribution in [-0.4, -0.2) is 64.5 Å². The topological polar surface area (TPSA) is 125 Å². The first-order valence-corrected chi connectivity index (χ1v) is 10.9. The Hall–Kier alpha value is -3.92. The fourth-order valence-corrected chi connectivity index (χ4v) is 3.47. The first kappa shape index (κ1) is 24.7. The molecule has 1 fully saturated rings. The van der Waals surface area contributed by atoms with Crippen molar-refractivity contribution >= 4 is 23.9 Å². The van der Waals surface area contributed by atoms with Gasteiger partial charge in [0.25, 0.3) is 0 Å². The molecule has 10 nitrogen and oxygen atoms in total. The van der Waals surface area contributed by atoms with Gasteiger partial charge in [-0.05, 0) is 11.1 Å². The highest BCUT2D eigenvalue weighted by molar-refractivity contribution is 5.85. The number of benzene rings is 2. The van der Waals surface area contributed by atoms with Gasteiger partial charge in [0.05, 0.1) is 13.2 Å². The number of carboxylic acid groups (broad SMARTS) is 1. The Balaban J connectivity index is 1.46. The van der Waals surface area contributed by atoms with E-state index in [1.807, 2.05) is 36.4 Å². The third kappa shape index (κ3) is 7.31. The zero-order valence-corrected chi connectivity index (χ0v) is 18.6. The molecule has 0 unspecified atom stereocenters. The Labute approximate surface area is 197 Å². The lowest BCUT2D eigenvalue weighted by atomic mass is 10.1. The smallest absolute Gasteiger partial charge is 0.408 e. The van der Waals surface area contributed by atoms with Gasteiger partial charge in [0, 0.05) is 25.9 Å². The molecular weight excluding hydrogens is 442 g/mol. The number of carbonyl (C=O) groups excluding carboxylic acids is 3. The Morgan fingerprint density at radius 2 is 1.50 bits per heavy atom. The summed E-state index contributed by atoms with van der Waals surface area (Å²) in [6.07, 6.45) is -1.46. The molecule has 0 spiro atoms. The van der Waals surface area contributed by atoms with E-state index in [9.17, 15) is 24.3 Å². The molecule has 0 bridgehead atoms. The molecular formula is C24H27N3O7. The Morgan fingerprint density at radius 1 is 0.882 bits per heavy atom. The van der Waals surface area contributed by atoms with E-state index in [2.05, 4.69) is 5.48 Å². The molecule has 0 radical (unpaired) electrons.